The fourth-order valence-corrected chi connectivity index (χ4v) is 1.99. The van der Waals surface area contributed by atoms with Crippen molar-refractivity contribution in [2.45, 2.75) is 25.0 Å². The number of benzene rings is 1. The maximum absolute atomic E-state index is 9.49. The minimum absolute atomic E-state index is 0.175. The zero-order valence-electron chi connectivity index (χ0n) is 8.93. The molecular weight excluding hydrogens is 200 g/mol. The van der Waals surface area contributed by atoms with Crippen LogP contribution in [0.15, 0.2) is 36.4 Å². The average Bonchev–Trinajstić information content (AvgIpc) is 2.34. The van der Waals surface area contributed by atoms with E-state index in [0.29, 0.717) is 0 Å². The van der Waals surface area contributed by atoms with E-state index in [-0.39, 0.29) is 12.1 Å². The van der Waals surface area contributed by atoms with Crippen LogP contribution in [0.3, 0.4) is 0 Å². The molecule has 1 fully saturated rings. The van der Waals surface area contributed by atoms with Gasteiger partial charge in [-0.1, -0.05) is 18.2 Å². The number of rotatable bonds is 2. The highest BCUT2D eigenvalue weighted by Crippen LogP contribution is 2.24. The molecule has 0 aliphatic heterocycles. The van der Waals surface area contributed by atoms with Crippen LogP contribution in [0, 0.1) is 0 Å². The van der Waals surface area contributed by atoms with E-state index in [0.717, 1.165) is 29.6 Å². The number of fused-ring (bicyclic) bond motifs is 1. The lowest BCUT2D eigenvalue weighted by molar-refractivity contribution is 0.0784. The number of anilines is 1. The summed E-state index contributed by atoms with van der Waals surface area (Å²) >= 11 is 0. The predicted molar refractivity (Wildman–Crippen MR) is 64.4 cm³/mol. The van der Waals surface area contributed by atoms with Gasteiger partial charge >= 0.3 is 0 Å². The lowest BCUT2D eigenvalue weighted by atomic mass is 9.89. The van der Waals surface area contributed by atoms with E-state index < -0.39 is 0 Å². The molecular formula is C13H14N2O. The van der Waals surface area contributed by atoms with Crippen LogP contribution < -0.4 is 5.32 Å². The van der Waals surface area contributed by atoms with E-state index in [1.807, 2.05) is 30.3 Å². The average molecular weight is 214 g/mol. The lowest BCUT2D eigenvalue weighted by Gasteiger charge is -2.33. The molecule has 1 saturated carbocycles. The van der Waals surface area contributed by atoms with E-state index in [1.54, 1.807) is 0 Å². The van der Waals surface area contributed by atoms with Gasteiger partial charge in [0, 0.05) is 5.39 Å². The van der Waals surface area contributed by atoms with Crippen molar-refractivity contribution < 1.29 is 5.11 Å². The highest BCUT2D eigenvalue weighted by molar-refractivity contribution is 5.80. The van der Waals surface area contributed by atoms with Crippen molar-refractivity contribution in [2.24, 2.45) is 0 Å². The molecule has 3 rings (SSSR count). The molecule has 0 amide bonds. The van der Waals surface area contributed by atoms with Gasteiger partial charge in [-0.25, -0.2) is 4.98 Å². The minimum atomic E-state index is -0.215. The molecule has 16 heavy (non-hydrogen) atoms. The van der Waals surface area contributed by atoms with Crippen molar-refractivity contribution in [3.8, 4) is 0 Å². The van der Waals surface area contributed by atoms with Crippen LogP contribution in [0.5, 0.6) is 0 Å². The quantitative estimate of drug-likeness (QED) is 0.805. The normalized spacial score (nSPS) is 24.1. The number of hydrogen-bond donors (Lipinski definition) is 2. The zero-order chi connectivity index (χ0) is 11.0. The van der Waals surface area contributed by atoms with Crippen molar-refractivity contribution in [3.63, 3.8) is 0 Å². The fraction of sp³-hybridized carbons (Fsp3) is 0.308. The standard InChI is InChI=1S/C13H14N2O/c16-12-7-6-11(12)15-13-8-5-9-3-1-2-4-10(9)14-13/h1-5,8,11-12,16H,6-7H2,(H,14,15). The van der Waals surface area contributed by atoms with Gasteiger partial charge < -0.3 is 10.4 Å². The summed E-state index contributed by atoms with van der Waals surface area (Å²) in [5.74, 6) is 0.849. The van der Waals surface area contributed by atoms with Gasteiger partial charge in [-0.05, 0) is 31.0 Å². The third-order valence-corrected chi connectivity index (χ3v) is 3.17. The second-order valence-electron chi connectivity index (χ2n) is 4.28. The largest absolute Gasteiger partial charge is 0.391 e. The van der Waals surface area contributed by atoms with Crippen molar-refractivity contribution >= 4 is 16.7 Å². The molecule has 0 radical (unpaired) electrons. The van der Waals surface area contributed by atoms with Crippen LogP contribution in [-0.2, 0) is 0 Å². The van der Waals surface area contributed by atoms with Crippen LogP contribution in [-0.4, -0.2) is 22.2 Å². The molecule has 2 atom stereocenters. The van der Waals surface area contributed by atoms with Gasteiger partial charge in [0.05, 0.1) is 17.7 Å². The molecule has 0 bridgehead atoms. The van der Waals surface area contributed by atoms with E-state index in [9.17, 15) is 5.11 Å². The molecule has 2 aromatic rings. The molecule has 3 heteroatoms. The van der Waals surface area contributed by atoms with Gasteiger partial charge in [-0.2, -0.15) is 0 Å². The number of nitrogens with zero attached hydrogens (tertiary/aromatic N) is 1. The molecule has 1 aromatic carbocycles. The monoisotopic (exact) mass is 214 g/mol. The Balaban J connectivity index is 1.87. The smallest absolute Gasteiger partial charge is 0.126 e. The Hall–Kier alpha value is -1.61. The first-order chi connectivity index (χ1) is 7.83. The van der Waals surface area contributed by atoms with E-state index in [2.05, 4.69) is 16.4 Å². The summed E-state index contributed by atoms with van der Waals surface area (Å²) in [7, 11) is 0. The van der Waals surface area contributed by atoms with E-state index >= 15 is 0 Å². The molecule has 1 aliphatic rings. The first-order valence-corrected chi connectivity index (χ1v) is 5.63. The maximum Gasteiger partial charge on any atom is 0.126 e. The molecule has 2 unspecified atom stereocenters. The van der Waals surface area contributed by atoms with Crippen LogP contribution in [0.25, 0.3) is 10.9 Å². The Kier molecular flexibility index (Phi) is 2.26. The maximum atomic E-state index is 9.49. The molecule has 2 N–H and O–H groups in total. The minimum Gasteiger partial charge on any atom is -0.391 e. The number of hydrogen-bond acceptors (Lipinski definition) is 3. The number of para-hydroxylation sites is 1. The van der Waals surface area contributed by atoms with Crippen molar-refractivity contribution in [3.05, 3.63) is 36.4 Å². The van der Waals surface area contributed by atoms with Gasteiger partial charge in [0.2, 0.25) is 0 Å². The lowest BCUT2D eigenvalue weighted by Crippen LogP contribution is -2.42. The third kappa shape index (κ3) is 1.63. The van der Waals surface area contributed by atoms with Crippen LogP contribution >= 0.6 is 0 Å². The van der Waals surface area contributed by atoms with Gasteiger partial charge in [0.15, 0.2) is 0 Å². The number of aliphatic hydroxyl groups excluding tert-OH is 1. The summed E-state index contributed by atoms with van der Waals surface area (Å²) in [6.07, 6.45) is 1.70. The highest BCUT2D eigenvalue weighted by atomic mass is 16.3. The summed E-state index contributed by atoms with van der Waals surface area (Å²) in [6.45, 7) is 0. The summed E-state index contributed by atoms with van der Waals surface area (Å²) < 4.78 is 0. The first kappa shape index (κ1) is 9.60. The van der Waals surface area contributed by atoms with E-state index in [1.165, 1.54) is 0 Å². The van der Waals surface area contributed by atoms with Crippen molar-refractivity contribution in [1.29, 1.82) is 0 Å². The zero-order valence-corrected chi connectivity index (χ0v) is 8.93. The van der Waals surface area contributed by atoms with Gasteiger partial charge in [-0.15, -0.1) is 0 Å². The van der Waals surface area contributed by atoms with Crippen LogP contribution in [0.4, 0.5) is 5.82 Å². The second-order valence-corrected chi connectivity index (χ2v) is 4.28. The van der Waals surface area contributed by atoms with Gasteiger partial charge in [-0.3, -0.25) is 0 Å². The molecule has 1 heterocycles. The first-order valence-electron chi connectivity index (χ1n) is 5.63. The topological polar surface area (TPSA) is 45.1 Å². The van der Waals surface area contributed by atoms with Gasteiger partial charge in [0.25, 0.3) is 0 Å². The Morgan fingerprint density at radius 1 is 1.12 bits per heavy atom. The van der Waals surface area contributed by atoms with Crippen molar-refractivity contribution in [2.75, 3.05) is 5.32 Å². The summed E-state index contributed by atoms with van der Waals surface area (Å²) in [5, 5.41) is 13.9. The summed E-state index contributed by atoms with van der Waals surface area (Å²) in [6, 6.07) is 12.2. The Morgan fingerprint density at radius 3 is 2.75 bits per heavy atom. The Morgan fingerprint density at radius 2 is 2.00 bits per heavy atom. The number of nitrogens with one attached hydrogen (secondary N) is 1. The Labute approximate surface area is 94.1 Å². The SMILES string of the molecule is OC1CCC1Nc1ccc2ccccc2n1. The second kappa shape index (κ2) is 3.76. The molecule has 1 aromatic heterocycles. The van der Waals surface area contributed by atoms with Crippen molar-refractivity contribution in [1.82, 2.24) is 4.98 Å². The molecule has 1 aliphatic carbocycles. The number of aliphatic hydroxyl groups is 1. The summed E-state index contributed by atoms with van der Waals surface area (Å²) in [5.41, 5.74) is 0.987. The summed E-state index contributed by atoms with van der Waals surface area (Å²) in [4.78, 5) is 4.51. The number of aromatic nitrogens is 1. The highest BCUT2D eigenvalue weighted by Gasteiger charge is 2.28. The van der Waals surface area contributed by atoms with Crippen LogP contribution in [0.1, 0.15) is 12.8 Å². The molecule has 82 valence electrons. The van der Waals surface area contributed by atoms with Gasteiger partial charge in [0.1, 0.15) is 5.82 Å². The predicted octanol–water partition coefficient (Wildman–Crippen LogP) is 2.17. The van der Waals surface area contributed by atoms with Crippen LogP contribution in [0.2, 0.25) is 0 Å². The third-order valence-electron chi connectivity index (χ3n) is 3.17. The number of pyridine rings is 1. The fourth-order valence-electron chi connectivity index (χ4n) is 1.99. The molecule has 0 saturated heterocycles. The molecule has 3 nitrogen and oxygen atoms in total. The molecule has 0 spiro atoms. The van der Waals surface area contributed by atoms with E-state index in [4.69, 9.17) is 0 Å². The Bertz CT molecular complexity index is 512.